The van der Waals surface area contributed by atoms with Gasteiger partial charge in [-0.05, 0) is 0 Å². The number of nitriles is 2. The van der Waals surface area contributed by atoms with Gasteiger partial charge in [0.1, 0.15) is 51.1 Å². The van der Waals surface area contributed by atoms with Gasteiger partial charge in [-0.25, -0.2) is 0 Å². The zero-order valence-electron chi connectivity index (χ0n) is 20.2. The molecule has 2 atom stereocenters. The molecule has 0 bridgehead atoms. The van der Waals surface area contributed by atoms with E-state index < -0.39 is 12.2 Å². The van der Waals surface area contributed by atoms with E-state index in [1.807, 2.05) is 12.1 Å². The second kappa shape index (κ2) is 17.0. The smallest absolute Gasteiger partial charge is 0.162 e. The molecule has 2 heterocycles. The van der Waals surface area contributed by atoms with Crippen LogP contribution in [0.25, 0.3) is 0 Å². The highest BCUT2D eigenvalue weighted by molar-refractivity contribution is 5.56. The van der Waals surface area contributed by atoms with Gasteiger partial charge in [0.05, 0.1) is 77.2 Å². The van der Waals surface area contributed by atoms with Crippen LogP contribution >= 0.6 is 0 Å². The number of rotatable bonds is 6. The van der Waals surface area contributed by atoms with Crippen molar-refractivity contribution in [3.8, 4) is 23.6 Å². The lowest BCUT2D eigenvalue weighted by atomic mass is 10.1. The highest BCUT2D eigenvalue weighted by atomic mass is 16.7. The molecule has 0 amide bonds. The van der Waals surface area contributed by atoms with Gasteiger partial charge in [-0.3, -0.25) is 0 Å². The number of nitrogens with zero attached hydrogens (tertiary/aromatic N) is 2. The van der Waals surface area contributed by atoms with Gasteiger partial charge >= 0.3 is 0 Å². The molecule has 12 heteroatoms. The molecule has 0 radical (unpaired) electrons. The Bertz CT molecular complexity index is 764. The molecular weight excluding hydrogens is 476 g/mol. The maximum atomic E-state index is 9.47. The Hall–Kier alpha value is -2.52. The maximum Gasteiger partial charge on any atom is 0.162 e. The molecule has 198 valence electrons. The summed E-state index contributed by atoms with van der Waals surface area (Å²) in [6.07, 6.45) is -0.870. The van der Waals surface area contributed by atoms with Crippen LogP contribution in [-0.4, -0.2) is 105 Å². The summed E-state index contributed by atoms with van der Waals surface area (Å²) in [6, 6.07) is 6.97. The Labute approximate surface area is 210 Å². The van der Waals surface area contributed by atoms with Gasteiger partial charge < -0.3 is 47.4 Å². The molecule has 0 saturated carbocycles. The highest BCUT2D eigenvalue weighted by Crippen LogP contribution is 2.31. The monoisotopic (exact) mass is 508 g/mol. The average molecular weight is 509 g/mol. The van der Waals surface area contributed by atoms with E-state index in [1.54, 1.807) is 0 Å². The minimum Gasteiger partial charge on any atom is -0.487 e. The summed E-state index contributed by atoms with van der Waals surface area (Å²) in [6.45, 7) is 4.38. The molecule has 2 unspecified atom stereocenters. The lowest BCUT2D eigenvalue weighted by molar-refractivity contribution is -0.120. The second-order valence-corrected chi connectivity index (χ2v) is 7.69. The minimum atomic E-state index is -0.435. The third-order valence-corrected chi connectivity index (χ3v) is 5.04. The van der Waals surface area contributed by atoms with Crippen molar-refractivity contribution in [2.75, 3.05) is 92.9 Å². The predicted molar refractivity (Wildman–Crippen MR) is 122 cm³/mol. The molecule has 3 rings (SSSR count). The number of ether oxygens (including phenoxy) is 10. The SMILES string of the molecule is N#Cc1cc(OCC2COCCOCCOCO2)c(OCC2COCCOCCOCO2)cc1C#N. The third-order valence-electron chi connectivity index (χ3n) is 5.04. The van der Waals surface area contributed by atoms with Gasteiger partial charge in [0.25, 0.3) is 0 Å². The number of hydrogen-bond donors (Lipinski definition) is 0. The summed E-state index contributed by atoms with van der Waals surface area (Å²) in [4.78, 5) is 0. The van der Waals surface area contributed by atoms with E-state index >= 15 is 0 Å². The average Bonchev–Trinajstić information content (AvgIpc) is 3.01. The van der Waals surface area contributed by atoms with Crippen molar-refractivity contribution >= 4 is 0 Å². The Morgan fingerprint density at radius 3 is 1.42 bits per heavy atom. The predicted octanol–water partition coefficient (Wildman–Crippen LogP) is 1.000. The molecule has 0 spiro atoms. The van der Waals surface area contributed by atoms with Crippen molar-refractivity contribution in [1.82, 2.24) is 0 Å². The Balaban J connectivity index is 1.65. The first-order valence-corrected chi connectivity index (χ1v) is 11.7. The molecule has 0 aliphatic carbocycles. The fourth-order valence-corrected chi connectivity index (χ4v) is 3.14. The lowest BCUT2D eigenvalue weighted by Gasteiger charge is -2.21. The van der Waals surface area contributed by atoms with E-state index in [-0.39, 0.29) is 62.6 Å². The first-order valence-electron chi connectivity index (χ1n) is 11.7. The largest absolute Gasteiger partial charge is 0.487 e. The van der Waals surface area contributed by atoms with Crippen LogP contribution in [0.3, 0.4) is 0 Å². The van der Waals surface area contributed by atoms with E-state index in [2.05, 4.69) is 0 Å². The van der Waals surface area contributed by atoms with Crippen LogP contribution in [0.15, 0.2) is 12.1 Å². The first kappa shape index (κ1) is 28.1. The molecule has 1 aromatic carbocycles. The summed E-state index contributed by atoms with van der Waals surface area (Å²) in [5.74, 6) is 0.574. The van der Waals surface area contributed by atoms with Gasteiger partial charge in [0, 0.05) is 12.1 Å². The van der Waals surface area contributed by atoms with E-state index in [1.165, 1.54) is 12.1 Å². The molecule has 0 N–H and O–H groups in total. The Morgan fingerprint density at radius 2 is 1.00 bits per heavy atom. The van der Waals surface area contributed by atoms with Crippen molar-refractivity contribution in [2.45, 2.75) is 12.2 Å². The second-order valence-electron chi connectivity index (χ2n) is 7.69. The third kappa shape index (κ3) is 10.2. The van der Waals surface area contributed by atoms with E-state index in [0.29, 0.717) is 52.9 Å². The van der Waals surface area contributed by atoms with E-state index in [0.717, 1.165) is 0 Å². The maximum absolute atomic E-state index is 9.47. The number of hydrogen-bond acceptors (Lipinski definition) is 12. The summed E-state index contributed by atoms with van der Waals surface area (Å²) >= 11 is 0. The molecule has 0 aromatic heterocycles. The van der Waals surface area contributed by atoms with Gasteiger partial charge in [-0.1, -0.05) is 0 Å². The normalized spacial score (nSPS) is 23.2. The number of benzene rings is 1. The molecule has 2 aliphatic heterocycles. The van der Waals surface area contributed by atoms with Gasteiger partial charge in [0.2, 0.25) is 0 Å². The summed E-state index contributed by atoms with van der Waals surface area (Å²) in [5, 5.41) is 18.9. The highest BCUT2D eigenvalue weighted by Gasteiger charge is 2.19. The van der Waals surface area contributed by atoms with Crippen molar-refractivity contribution in [3.05, 3.63) is 23.3 Å². The standard InChI is InChI=1S/C24H32N2O10/c25-11-19-9-23(33-15-21-13-29-5-1-27-3-7-31-17-35-21)24(10-20(19)12-26)34-16-22-14-30-6-2-28-4-8-32-18-36-22/h9-10,21-22H,1-8,13-18H2. The molecule has 2 saturated heterocycles. The van der Waals surface area contributed by atoms with Crippen molar-refractivity contribution < 1.29 is 47.4 Å². The topological polar surface area (TPSA) is 140 Å². The molecule has 36 heavy (non-hydrogen) atoms. The van der Waals surface area contributed by atoms with Crippen molar-refractivity contribution in [1.29, 1.82) is 10.5 Å². The zero-order chi connectivity index (χ0) is 25.3. The molecule has 12 nitrogen and oxygen atoms in total. The Kier molecular flexibility index (Phi) is 13.3. The molecule has 1 aromatic rings. The van der Waals surface area contributed by atoms with Crippen LogP contribution in [0.5, 0.6) is 11.5 Å². The first-order chi connectivity index (χ1) is 17.8. The van der Waals surface area contributed by atoms with Crippen molar-refractivity contribution in [2.24, 2.45) is 0 Å². The lowest BCUT2D eigenvalue weighted by Crippen LogP contribution is -2.30. The summed E-state index contributed by atoms with van der Waals surface area (Å²) in [5.41, 5.74) is 0.339. The minimum absolute atomic E-state index is 0.0625. The van der Waals surface area contributed by atoms with Gasteiger partial charge in [-0.2, -0.15) is 10.5 Å². The van der Waals surface area contributed by atoms with Gasteiger partial charge in [0.15, 0.2) is 11.5 Å². The van der Waals surface area contributed by atoms with Crippen LogP contribution in [0.1, 0.15) is 11.1 Å². The fraction of sp³-hybridized carbons (Fsp3) is 0.667. The van der Waals surface area contributed by atoms with Crippen LogP contribution in [-0.2, 0) is 37.9 Å². The van der Waals surface area contributed by atoms with Crippen LogP contribution in [0.4, 0.5) is 0 Å². The van der Waals surface area contributed by atoms with E-state index in [9.17, 15) is 10.5 Å². The molecule has 2 fully saturated rings. The summed E-state index contributed by atoms with van der Waals surface area (Å²) in [7, 11) is 0. The fourth-order valence-electron chi connectivity index (χ4n) is 3.14. The quantitative estimate of drug-likeness (QED) is 0.541. The molecule has 2 aliphatic rings. The van der Waals surface area contributed by atoms with Crippen molar-refractivity contribution in [3.63, 3.8) is 0 Å². The van der Waals surface area contributed by atoms with Gasteiger partial charge in [-0.15, -0.1) is 0 Å². The van der Waals surface area contributed by atoms with Crippen LogP contribution in [0, 0.1) is 22.7 Å². The summed E-state index contributed by atoms with van der Waals surface area (Å²) < 4.78 is 56.0. The molecular formula is C24H32N2O10. The zero-order valence-corrected chi connectivity index (χ0v) is 20.2. The van der Waals surface area contributed by atoms with E-state index in [4.69, 9.17) is 47.4 Å². The van der Waals surface area contributed by atoms with Crippen LogP contribution < -0.4 is 9.47 Å². The van der Waals surface area contributed by atoms with Crippen LogP contribution in [0.2, 0.25) is 0 Å². The Morgan fingerprint density at radius 1 is 0.611 bits per heavy atom.